The number of amides is 1. The van der Waals surface area contributed by atoms with Crippen molar-refractivity contribution >= 4 is 15.9 Å². The maximum atomic E-state index is 12.7. The van der Waals surface area contributed by atoms with Gasteiger partial charge in [0.25, 0.3) is 5.91 Å². The summed E-state index contributed by atoms with van der Waals surface area (Å²) in [5.74, 6) is -0.0132. The number of piperazine rings is 1. The highest BCUT2D eigenvalue weighted by Crippen LogP contribution is 2.14. The Morgan fingerprint density at radius 2 is 1.59 bits per heavy atom. The minimum Gasteiger partial charge on any atom is -0.345 e. The zero-order chi connectivity index (χ0) is 19.3. The molecule has 0 aliphatic carbocycles. The molecule has 0 aromatic heterocycles. The molecule has 1 heterocycles. The van der Waals surface area contributed by atoms with Gasteiger partial charge in [0.15, 0.2) is 6.54 Å². The lowest BCUT2D eigenvalue weighted by Gasteiger charge is -2.31. The summed E-state index contributed by atoms with van der Waals surface area (Å²) in [6, 6.07) is 18.3. The molecule has 2 aromatic rings. The van der Waals surface area contributed by atoms with Gasteiger partial charge >= 0.3 is 0 Å². The molecule has 0 spiro atoms. The molecule has 144 valence electrons. The maximum Gasteiger partial charge on any atom is 0.275 e. The van der Waals surface area contributed by atoms with Crippen LogP contribution in [0.25, 0.3) is 0 Å². The van der Waals surface area contributed by atoms with Crippen LogP contribution in [0.1, 0.15) is 18.5 Å². The largest absolute Gasteiger partial charge is 0.345 e. The van der Waals surface area contributed by atoms with E-state index in [-0.39, 0.29) is 11.9 Å². The molecule has 2 aromatic carbocycles. The highest BCUT2D eigenvalue weighted by atomic mass is 32.2. The Hall–Kier alpha value is -2.22. The van der Waals surface area contributed by atoms with Gasteiger partial charge in [0.2, 0.25) is 10.0 Å². The second-order valence-electron chi connectivity index (χ2n) is 6.84. The van der Waals surface area contributed by atoms with Crippen LogP contribution in [0.4, 0.5) is 0 Å². The summed E-state index contributed by atoms with van der Waals surface area (Å²) in [5, 5.41) is 3.02. The number of rotatable bonds is 6. The third kappa shape index (κ3) is 4.94. The Kier molecular flexibility index (Phi) is 6.26. The third-order valence-corrected chi connectivity index (χ3v) is 6.81. The van der Waals surface area contributed by atoms with Crippen molar-refractivity contribution in [3.8, 4) is 0 Å². The maximum absolute atomic E-state index is 12.7. The first-order valence-electron chi connectivity index (χ1n) is 9.20. The van der Waals surface area contributed by atoms with Crippen molar-refractivity contribution in [3.05, 3.63) is 66.2 Å². The fourth-order valence-electron chi connectivity index (χ4n) is 3.31. The summed E-state index contributed by atoms with van der Waals surface area (Å²) >= 11 is 0. The second-order valence-corrected chi connectivity index (χ2v) is 8.78. The lowest BCUT2D eigenvalue weighted by atomic mass is 10.1. The van der Waals surface area contributed by atoms with E-state index in [0.29, 0.717) is 37.6 Å². The lowest BCUT2D eigenvalue weighted by molar-refractivity contribution is -0.895. The van der Waals surface area contributed by atoms with Crippen LogP contribution in [0.2, 0.25) is 0 Å². The molecule has 3 rings (SSSR count). The van der Waals surface area contributed by atoms with Crippen molar-refractivity contribution in [1.82, 2.24) is 9.62 Å². The Balaban J connectivity index is 1.50. The Morgan fingerprint density at radius 3 is 2.19 bits per heavy atom. The second kappa shape index (κ2) is 8.65. The van der Waals surface area contributed by atoms with Gasteiger partial charge in [-0.2, -0.15) is 4.31 Å². The average Bonchev–Trinajstić information content (AvgIpc) is 2.69. The number of hydrogen-bond donors (Lipinski definition) is 2. The van der Waals surface area contributed by atoms with Crippen molar-refractivity contribution in [2.45, 2.75) is 17.9 Å². The van der Waals surface area contributed by atoms with Crippen LogP contribution < -0.4 is 10.2 Å². The molecule has 0 radical (unpaired) electrons. The molecule has 1 atom stereocenters. The molecule has 1 saturated heterocycles. The number of sulfonamides is 1. The Labute approximate surface area is 160 Å². The van der Waals surface area contributed by atoms with Gasteiger partial charge in [0.1, 0.15) is 0 Å². The first kappa shape index (κ1) is 19.5. The zero-order valence-corrected chi connectivity index (χ0v) is 16.3. The number of hydrogen-bond acceptors (Lipinski definition) is 3. The normalized spacial score (nSPS) is 17.4. The van der Waals surface area contributed by atoms with Gasteiger partial charge in [-0.1, -0.05) is 48.5 Å². The van der Waals surface area contributed by atoms with E-state index >= 15 is 0 Å². The van der Waals surface area contributed by atoms with Crippen LogP contribution in [0.3, 0.4) is 0 Å². The van der Waals surface area contributed by atoms with Gasteiger partial charge in [-0.25, -0.2) is 8.42 Å². The molecule has 0 bridgehead atoms. The van der Waals surface area contributed by atoms with E-state index in [1.165, 1.54) is 4.31 Å². The van der Waals surface area contributed by atoms with Gasteiger partial charge in [-0.15, -0.1) is 0 Å². The van der Waals surface area contributed by atoms with Gasteiger partial charge in [-0.3, -0.25) is 4.79 Å². The predicted molar refractivity (Wildman–Crippen MR) is 104 cm³/mol. The van der Waals surface area contributed by atoms with Gasteiger partial charge < -0.3 is 10.2 Å². The van der Waals surface area contributed by atoms with E-state index in [4.69, 9.17) is 0 Å². The van der Waals surface area contributed by atoms with Crippen LogP contribution in [-0.2, 0) is 14.8 Å². The quantitative estimate of drug-likeness (QED) is 0.755. The third-order valence-electron chi connectivity index (χ3n) is 4.90. The molecule has 0 saturated carbocycles. The van der Waals surface area contributed by atoms with Crippen LogP contribution in [0.15, 0.2) is 65.6 Å². The monoisotopic (exact) mass is 388 g/mol. The smallest absolute Gasteiger partial charge is 0.275 e. The average molecular weight is 389 g/mol. The molecule has 27 heavy (non-hydrogen) atoms. The molecule has 0 unspecified atom stereocenters. The van der Waals surface area contributed by atoms with Crippen LogP contribution >= 0.6 is 0 Å². The Bertz CT molecular complexity index is 849. The number of quaternary nitrogens is 1. The fraction of sp³-hybridized carbons (Fsp3) is 0.350. The van der Waals surface area contributed by atoms with E-state index in [1.54, 1.807) is 30.3 Å². The molecule has 1 amide bonds. The van der Waals surface area contributed by atoms with Gasteiger partial charge in [0, 0.05) is 0 Å². The van der Waals surface area contributed by atoms with Crippen molar-refractivity contribution in [2.24, 2.45) is 0 Å². The standard InChI is InChI=1S/C20H25N3O3S/c1-17(18-8-4-2-5-9-18)21-20(24)16-22-12-14-23(15-13-22)27(25,26)19-10-6-3-7-11-19/h2-11,17H,12-16H2,1H3,(H,21,24)/p+1/t17-/m1/s1. The SMILES string of the molecule is C[C@@H](NC(=O)C[NH+]1CCN(S(=O)(=O)c2ccccc2)CC1)c1ccccc1. The van der Waals surface area contributed by atoms with E-state index in [2.05, 4.69) is 5.32 Å². The lowest BCUT2D eigenvalue weighted by Crippen LogP contribution is -3.15. The fourth-order valence-corrected chi connectivity index (χ4v) is 4.77. The summed E-state index contributed by atoms with van der Waals surface area (Å²) in [4.78, 5) is 13.8. The summed E-state index contributed by atoms with van der Waals surface area (Å²) in [7, 11) is -3.45. The number of benzene rings is 2. The molecule has 1 aliphatic heterocycles. The van der Waals surface area contributed by atoms with Gasteiger partial charge in [-0.05, 0) is 24.6 Å². The summed E-state index contributed by atoms with van der Waals surface area (Å²) in [5.41, 5.74) is 1.07. The number of carbonyl (C=O) groups is 1. The minimum absolute atomic E-state index is 0.0132. The van der Waals surface area contributed by atoms with Crippen molar-refractivity contribution in [3.63, 3.8) is 0 Å². The molecule has 1 aliphatic rings. The van der Waals surface area contributed by atoms with E-state index in [9.17, 15) is 13.2 Å². The van der Waals surface area contributed by atoms with Crippen LogP contribution in [0, 0.1) is 0 Å². The summed E-state index contributed by atoms with van der Waals surface area (Å²) < 4.78 is 26.8. The van der Waals surface area contributed by atoms with E-state index in [0.717, 1.165) is 10.5 Å². The summed E-state index contributed by atoms with van der Waals surface area (Å²) in [6.07, 6.45) is 0. The Morgan fingerprint density at radius 1 is 1.04 bits per heavy atom. The van der Waals surface area contributed by atoms with E-state index in [1.807, 2.05) is 37.3 Å². The van der Waals surface area contributed by atoms with Crippen molar-refractivity contribution in [1.29, 1.82) is 0 Å². The van der Waals surface area contributed by atoms with Crippen molar-refractivity contribution < 1.29 is 18.1 Å². The van der Waals surface area contributed by atoms with Crippen LogP contribution in [0.5, 0.6) is 0 Å². The molecule has 1 fully saturated rings. The van der Waals surface area contributed by atoms with Gasteiger partial charge in [0.05, 0.1) is 37.1 Å². The number of carbonyl (C=O) groups excluding carboxylic acids is 1. The van der Waals surface area contributed by atoms with E-state index < -0.39 is 10.0 Å². The predicted octanol–water partition coefficient (Wildman–Crippen LogP) is 0.453. The molecule has 7 heteroatoms. The topological polar surface area (TPSA) is 70.9 Å². The zero-order valence-electron chi connectivity index (χ0n) is 15.5. The number of nitrogens with zero attached hydrogens (tertiary/aromatic N) is 1. The number of nitrogens with one attached hydrogen (secondary N) is 2. The molecule has 2 N–H and O–H groups in total. The molecular weight excluding hydrogens is 362 g/mol. The summed E-state index contributed by atoms with van der Waals surface area (Å²) in [6.45, 7) is 4.42. The first-order valence-corrected chi connectivity index (χ1v) is 10.6. The minimum atomic E-state index is -3.45. The highest BCUT2D eigenvalue weighted by Gasteiger charge is 2.31. The first-order chi connectivity index (χ1) is 13.0. The van der Waals surface area contributed by atoms with Crippen molar-refractivity contribution in [2.75, 3.05) is 32.7 Å². The molecule has 6 nitrogen and oxygen atoms in total. The highest BCUT2D eigenvalue weighted by molar-refractivity contribution is 7.89. The molecular formula is C20H26N3O3S+. The van der Waals surface area contributed by atoms with Crippen LogP contribution in [-0.4, -0.2) is 51.4 Å².